The molecule has 3 heterocycles. The fourth-order valence-corrected chi connectivity index (χ4v) is 5.96. The molecule has 0 unspecified atom stereocenters. The normalized spacial score (nSPS) is 15.1. The molecule has 31 heavy (non-hydrogen) atoms. The van der Waals surface area contributed by atoms with Crippen LogP contribution in [0.25, 0.3) is 20.4 Å². The molecular formula is C23H25N5OS2. The summed E-state index contributed by atoms with van der Waals surface area (Å²) in [6.45, 7) is 9.65. The number of nitrogens with one attached hydrogen (secondary N) is 1. The summed E-state index contributed by atoms with van der Waals surface area (Å²) < 4.78 is 2.35. The Labute approximate surface area is 189 Å². The molecule has 1 saturated heterocycles. The average molecular weight is 452 g/mol. The number of carbonyl (C=O) groups is 1. The first-order valence-electron chi connectivity index (χ1n) is 10.6. The van der Waals surface area contributed by atoms with Gasteiger partial charge in [0.05, 0.1) is 20.4 Å². The number of thiazole rings is 2. The van der Waals surface area contributed by atoms with Crippen molar-refractivity contribution < 1.29 is 4.79 Å². The van der Waals surface area contributed by atoms with Crippen molar-refractivity contribution in [3.63, 3.8) is 0 Å². The van der Waals surface area contributed by atoms with Gasteiger partial charge in [-0.2, -0.15) is 0 Å². The third kappa shape index (κ3) is 4.15. The van der Waals surface area contributed by atoms with E-state index in [4.69, 9.17) is 4.98 Å². The summed E-state index contributed by atoms with van der Waals surface area (Å²) in [7, 11) is 0. The second-order valence-electron chi connectivity index (χ2n) is 7.94. The maximum Gasteiger partial charge on any atom is 0.280 e. The highest BCUT2D eigenvalue weighted by Gasteiger charge is 2.21. The zero-order valence-electron chi connectivity index (χ0n) is 17.7. The number of amides is 1. The number of aromatic nitrogens is 2. The number of nitrogens with zero attached hydrogens (tertiary/aromatic N) is 4. The van der Waals surface area contributed by atoms with Gasteiger partial charge in [0.1, 0.15) is 0 Å². The summed E-state index contributed by atoms with van der Waals surface area (Å²) in [6, 6.07) is 12.2. The van der Waals surface area contributed by atoms with Gasteiger partial charge in [0, 0.05) is 39.3 Å². The molecule has 0 spiro atoms. The summed E-state index contributed by atoms with van der Waals surface area (Å²) in [5, 5.41) is 4.68. The van der Waals surface area contributed by atoms with Gasteiger partial charge >= 0.3 is 0 Å². The van der Waals surface area contributed by atoms with E-state index >= 15 is 0 Å². The molecule has 0 atom stereocenters. The van der Waals surface area contributed by atoms with Gasteiger partial charge in [-0.25, -0.2) is 9.97 Å². The first-order valence-corrected chi connectivity index (χ1v) is 12.2. The summed E-state index contributed by atoms with van der Waals surface area (Å²) >= 11 is 3.24. The third-order valence-electron chi connectivity index (χ3n) is 5.78. The molecule has 0 aliphatic carbocycles. The van der Waals surface area contributed by atoms with Gasteiger partial charge in [-0.3, -0.25) is 9.69 Å². The molecule has 4 aromatic rings. The van der Waals surface area contributed by atoms with E-state index < -0.39 is 0 Å². The van der Waals surface area contributed by atoms with E-state index in [1.165, 1.54) is 27.2 Å². The number of hydrogen-bond donors (Lipinski definition) is 1. The van der Waals surface area contributed by atoms with Crippen molar-refractivity contribution in [2.45, 2.75) is 13.8 Å². The SMILES string of the molecule is Cc1ccc(C)c2sc(N3CCN(CCNC(=O)c4nc5ccccc5s4)CC3)nc12. The van der Waals surface area contributed by atoms with Crippen molar-refractivity contribution in [2.75, 3.05) is 44.2 Å². The molecule has 5 rings (SSSR count). The largest absolute Gasteiger partial charge is 0.349 e. The third-order valence-corrected chi connectivity index (χ3v) is 8.06. The maximum atomic E-state index is 12.4. The van der Waals surface area contributed by atoms with E-state index in [1.807, 2.05) is 24.3 Å². The summed E-state index contributed by atoms with van der Waals surface area (Å²) in [6.07, 6.45) is 0. The highest BCUT2D eigenvalue weighted by atomic mass is 32.1. The van der Waals surface area contributed by atoms with Crippen molar-refractivity contribution in [3.05, 3.63) is 52.5 Å². The number of aryl methyl sites for hydroxylation is 2. The van der Waals surface area contributed by atoms with Gasteiger partial charge in [0.15, 0.2) is 10.1 Å². The smallest absolute Gasteiger partial charge is 0.280 e. The van der Waals surface area contributed by atoms with E-state index in [2.05, 4.69) is 46.1 Å². The Hall–Kier alpha value is -2.55. The Kier molecular flexibility index (Phi) is 5.60. The van der Waals surface area contributed by atoms with Crippen LogP contribution >= 0.6 is 22.7 Å². The number of rotatable bonds is 5. The van der Waals surface area contributed by atoms with Gasteiger partial charge in [-0.05, 0) is 37.1 Å². The fourth-order valence-electron chi connectivity index (χ4n) is 3.92. The molecule has 0 saturated carbocycles. The molecule has 1 aliphatic rings. The summed E-state index contributed by atoms with van der Waals surface area (Å²) in [4.78, 5) is 26.6. The minimum Gasteiger partial charge on any atom is -0.349 e. The van der Waals surface area contributed by atoms with Crippen molar-refractivity contribution in [1.82, 2.24) is 20.2 Å². The van der Waals surface area contributed by atoms with Gasteiger partial charge in [0.2, 0.25) is 0 Å². The highest BCUT2D eigenvalue weighted by Crippen LogP contribution is 2.33. The van der Waals surface area contributed by atoms with Crippen LogP contribution in [0.4, 0.5) is 5.13 Å². The molecule has 1 N–H and O–H groups in total. The van der Waals surface area contributed by atoms with Gasteiger partial charge < -0.3 is 10.2 Å². The highest BCUT2D eigenvalue weighted by molar-refractivity contribution is 7.22. The van der Waals surface area contributed by atoms with E-state index in [0.717, 1.165) is 53.6 Å². The van der Waals surface area contributed by atoms with Crippen molar-refractivity contribution in [3.8, 4) is 0 Å². The standard InChI is InChI=1S/C23H25N5OS2/c1-15-7-8-16(2)20-19(15)26-23(31-20)28-13-11-27(12-14-28)10-9-24-21(29)22-25-17-5-3-4-6-18(17)30-22/h3-8H,9-14H2,1-2H3,(H,24,29). The Morgan fingerprint density at radius 1 is 1.00 bits per heavy atom. The monoisotopic (exact) mass is 451 g/mol. The molecule has 1 amide bonds. The molecule has 8 heteroatoms. The average Bonchev–Trinajstić information content (AvgIpc) is 3.42. The van der Waals surface area contributed by atoms with Crippen molar-refractivity contribution >= 4 is 54.1 Å². The van der Waals surface area contributed by atoms with Gasteiger partial charge in [-0.15, -0.1) is 11.3 Å². The number of carbonyl (C=O) groups excluding carboxylic acids is 1. The van der Waals surface area contributed by atoms with Crippen molar-refractivity contribution in [1.29, 1.82) is 0 Å². The molecular weight excluding hydrogens is 426 g/mol. The first-order chi connectivity index (χ1) is 15.1. The number of para-hydroxylation sites is 1. The molecule has 2 aromatic carbocycles. The second-order valence-corrected chi connectivity index (χ2v) is 9.95. The van der Waals surface area contributed by atoms with Gasteiger partial charge in [0.25, 0.3) is 5.91 Å². The maximum absolute atomic E-state index is 12.4. The van der Waals surface area contributed by atoms with Crippen LogP contribution in [0.5, 0.6) is 0 Å². The minimum absolute atomic E-state index is 0.0833. The number of piperazine rings is 1. The van der Waals surface area contributed by atoms with Crippen LogP contribution in [-0.2, 0) is 0 Å². The Morgan fingerprint density at radius 3 is 2.55 bits per heavy atom. The number of hydrogen-bond acceptors (Lipinski definition) is 7. The fraction of sp³-hybridized carbons (Fsp3) is 0.348. The number of benzene rings is 2. The predicted molar refractivity (Wildman–Crippen MR) is 130 cm³/mol. The lowest BCUT2D eigenvalue weighted by atomic mass is 10.1. The predicted octanol–water partition coefficient (Wildman–Crippen LogP) is 4.07. The van der Waals surface area contributed by atoms with E-state index in [-0.39, 0.29) is 5.91 Å². The lowest BCUT2D eigenvalue weighted by Gasteiger charge is -2.34. The van der Waals surface area contributed by atoms with Crippen LogP contribution in [-0.4, -0.2) is 60.0 Å². The first kappa shape index (κ1) is 20.4. The van der Waals surface area contributed by atoms with Crippen LogP contribution in [0.1, 0.15) is 20.9 Å². The van der Waals surface area contributed by atoms with Crippen LogP contribution < -0.4 is 10.2 Å². The van der Waals surface area contributed by atoms with E-state index in [9.17, 15) is 4.79 Å². The molecule has 0 radical (unpaired) electrons. The molecule has 1 fully saturated rings. The van der Waals surface area contributed by atoms with Crippen molar-refractivity contribution in [2.24, 2.45) is 0 Å². The zero-order chi connectivity index (χ0) is 21.4. The van der Waals surface area contributed by atoms with Crippen LogP contribution in [0.3, 0.4) is 0 Å². The molecule has 1 aliphatic heterocycles. The Bertz CT molecular complexity index is 1170. The number of anilines is 1. The summed E-state index contributed by atoms with van der Waals surface area (Å²) in [5.41, 5.74) is 4.56. The lowest BCUT2D eigenvalue weighted by Crippen LogP contribution is -2.48. The van der Waals surface area contributed by atoms with E-state index in [1.54, 1.807) is 11.3 Å². The second kappa shape index (κ2) is 8.53. The molecule has 160 valence electrons. The van der Waals surface area contributed by atoms with Crippen LogP contribution in [0.15, 0.2) is 36.4 Å². The van der Waals surface area contributed by atoms with Gasteiger partial charge in [-0.1, -0.05) is 35.6 Å². The molecule has 2 aromatic heterocycles. The topological polar surface area (TPSA) is 61.4 Å². The quantitative estimate of drug-likeness (QED) is 0.496. The zero-order valence-corrected chi connectivity index (χ0v) is 19.4. The number of fused-ring (bicyclic) bond motifs is 2. The van der Waals surface area contributed by atoms with E-state index in [0.29, 0.717) is 11.6 Å². The molecule has 0 bridgehead atoms. The molecule has 6 nitrogen and oxygen atoms in total. The summed E-state index contributed by atoms with van der Waals surface area (Å²) in [5.74, 6) is -0.0833. The van der Waals surface area contributed by atoms with Crippen LogP contribution in [0.2, 0.25) is 0 Å². The van der Waals surface area contributed by atoms with Crippen LogP contribution in [0, 0.1) is 13.8 Å². The minimum atomic E-state index is -0.0833. The Morgan fingerprint density at radius 2 is 1.77 bits per heavy atom. The Balaban J connectivity index is 1.13. The lowest BCUT2D eigenvalue weighted by molar-refractivity contribution is 0.0947.